The van der Waals surface area contributed by atoms with Gasteiger partial charge in [0.05, 0.1) is 14.2 Å². The highest BCUT2D eigenvalue weighted by molar-refractivity contribution is 6.90. The smallest absolute Gasteiger partial charge is 0.228 e. The lowest BCUT2D eigenvalue weighted by Gasteiger charge is -2.47. The van der Waals surface area contributed by atoms with Crippen molar-refractivity contribution in [1.82, 2.24) is 0 Å². The Morgan fingerprint density at radius 3 is 1.80 bits per heavy atom. The lowest BCUT2D eigenvalue weighted by atomic mass is 10.2. The van der Waals surface area contributed by atoms with Crippen LogP contribution in [0.1, 0.15) is 61.3 Å². The minimum Gasteiger partial charge on any atom is -0.406 e. The molecule has 0 aromatic rings. The van der Waals surface area contributed by atoms with E-state index in [1.807, 2.05) is 0 Å². The van der Waals surface area contributed by atoms with Gasteiger partial charge in [-0.15, -0.1) is 0 Å². The first-order valence-electron chi connectivity index (χ1n) is 8.17. The molecule has 0 saturated heterocycles. The maximum absolute atomic E-state index is 6.94. The lowest BCUT2D eigenvalue weighted by molar-refractivity contribution is 0.208. The van der Waals surface area contributed by atoms with Gasteiger partial charge in [-0.2, -0.15) is 0 Å². The predicted octanol–water partition coefficient (Wildman–Crippen LogP) is 6.07. The fraction of sp³-hybridized carbons (Fsp3) is 0.882. The van der Waals surface area contributed by atoms with Gasteiger partial charge in [-0.1, -0.05) is 85.4 Å². The van der Waals surface area contributed by atoms with Crippen LogP contribution in [-0.2, 0) is 4.43 Å². The first-order valence-corrected chi connectivity index (χ1v) is 13.7. The summed E-state index contributed by atoms with van der Waals surface area (Å²) in [5.74, 6) is 0. The van der Waals surface area contributed by atoms with E-state index in [4.69, 9.17) is 4.43 Å². The molecule has 3 heteroatoms. The Bertz CT molecular complexity index is 363. The standard InChI is InChI=1S/C17H36OSi2/c1-11-12-14-15(19(8,9)10)13-20(18-14,16(2,3)4)17(5,6)7/h13-14H,11-12H2,1-10H3. The van der Waals surface area contributed by atoms with Crippen molar-refractivity contribution in [3.8, 4) is 0 Å². The van der Waals surface area contributed by atoms with Gasteiger partial charge in [0.1, 0.15) is 0 Å². The van der Waals surface area contributed by atoms with Gasteiger partial charge >= 0.3 is 0 Å². The van der Waals surface area contributed by atoms with Crippen molar-refractivity contribution in [2.24, 2.45) is 0 Å². The Morgan fingerprint density at radius 2 is 1.50 bits per heavy atom. The zero-order chi connectivity index (χ0) is 16.0. The fourth-order valence-corrected chi connectivity index (χ4v) is 12.6. The van der Waals surface area contributed by atoms with Gasteiger partial charge in [0.2, 0.25) is 8.32 Å². The summed E-state index contributed by atoms with van der Waals surface area (Å²) in [5, 5.41) is 2.19. The normalized spacial score (nSPS) is 23.9. The van der Waals surface area contributed by atoms with E-state index in [0.29, 0.717) is 6.10 Å². The molecular weight excluding hydrogens is 276 g/mol. The molecule has 0 saturated carbocycles. The van der Waals surface area contributed by atoms with E-state index in [1.165, 1.54) is 12.8 Å². The fourth-order valence-electron chi connectivity index (χ4n) is 3.72. The third-order valence-corrected chi connectivity index (χ3v) is 13.0. The van der Waals surface area contributed by atoms with Crippen molar-refractivity contribution in [3.63, 3.8) is 0 Å². The van der Waals surface area contributed by atoms with Crippen LogP contribution in [0.25, 0.3) is 0 Å². The highest BCUT2D eigenvalue weighted by atomic mass is 28.4. The summed E-state index contributed by atoms with van der Waals surface area (Å²) in [7, 11) is -3.24. The average molecular weight is 313 g/mol. The highest BCUT2D eigenvalue weighted by Crippen LogP contribution is 2.57. The van der Waals surface area contributed by atoms with Crippen molar-refractivity contribution in [3.05, 3.63) is 10.9 Å². The zero-order valence-corrected chi connectivity index (χ0v) is 17.5. The van der Waals surface area contributed by atoms with E-state index in [9.17, 15) is 0 Å². The third kappa shape index (κ3) is 3.15. The summed E-state index contributed by atoms with van der Waals surface area (Å²) in [6.07, 6.45) is 2.80. The van der Waals surface area contributed by atoms with Crippen LogP contribution in [0.3, 0.4) is 0 Å². The van der Waals surface area contributed by atoms with Crippen molar-refractivity contribution < 1.29 is 4.43 Å². The number of hydrogen-bond donors (Lipinski definition) is 0. The molecule has 1 nitrogen and oxygen atoms in total. The molecule has 20 heavy (non-hydrogen) atoms. The molecular formula is C17H36OSi2. The topological polar surface area (TPSA) is 9.23 Å². The summed E-state index contributed by atoms with van der Waals surface area (Å²) in [6, 6.07) is 0. The minimum absolute atomic E-state index is 0.249. The molecule has 0 bridgehead atoms. The van der Waals surface area contributed by atoms with Gasteiger partial charge < -0.3 is 4.43 Å². The first-order chi connectivity index (χ1) is 8.76. The number of rotatable bonds is 3. The third-order valence-electron chi connectivity index (χ3n) is 4.68. The van der Waals surface area contributed by atoms with E-state index in [-0.39, 0.29) is 10.1 Å². The monoisotopic (exact) mass is 312 g/mol. The molecule has 0 spiro atoms. The van der Waals surface area contributed by atoms with Crippen LogP contribution in [0.2, 0.25) is 29.7 Å². The first kappa shape index (κ1) is 18.2. The second-order valence-corrected chi connectivity index (χ2v) is 19.6. The quantitative estimate of drug-likeness (QED) is 0.574. The van der Waals surface area contributed by atoms with Crippen LogP contribution in [0.4, 0.5) is 0 Å². The maximum Gasteiger partial charge on any atom is 0.228 e. The van der Waals surface area contributed by atoms with Crippen molar-refractivity contribution in [2.75, 3.05) is 0 Å². The molecule has 1 atom stereocenters. The lowest BCUT2D eigenvalue weighted by Crippen LogP contribution is -2.52. The van der Waals surface area contributed by atoms with E-state index >= 15 is 0 Å². The van der Waals surface area contributed by atoms with Crippen LogP contribution >= 0.6 is 0 Å². The SMILES string of the molecule is CCCC1O[Si](C(C)(C)C)(C(C)(C)C)C=C1[Si](C)(C)C. The van der Waals surface area contributed by atoms with Crippen LogP contribution in [0.5, 0.6) is 0 Å². The molecule has 0 N–H and O–H groups in total. The van der Waals surface area contributed by atoms with Crippen LogP contribution < -0.4 is 0 Å². The molecule has 118 valence electrons. The Hall–Kier alpha value is 0.134. The zero-order valence-electron chi connectivity index (χ0n) is 15.5. The Balaban J connectivity index is 3.41. The van der Waals surface area contributed by atoms with Gasteiger partial charge in [-0.05, 0) is 16.5 Å². The maximum atomic E-state index is 6.94. The van der Waals surface area contributed by atoms with E-state index in [0.717, 1.165) is 0 Å². The molecule has 1 unspecified atom stereocenters. The summed E-state index contributed by atoms with van der Waals surface area (Å²) >= 11 is 0. The average Bonchev–Trinajstić information content (AvgIpc) is 2.56. The van der Waals surface area contributed by atoms with E-state index in [1.54, 1.807) is 5.20 Å². The summed E-state index contributed by atoms with van der Waals surface area (Å²) in [5.41, 5.74) is 2.68. The largest absolute Gasteiger partial charge is 0.406 e. The van der Waals surface area contributed by atoms with Crippen LogP contribution in [0, 0.1) is 0 Å². The summed E-state index contributed by atoms with van der Waals surface area (Å²) in [4.78, 5) is 0. The molecule has 0 aliphatic carbocycles. The minimum atomic E-state index is -1.94. The molecule has 0 fully saturated rings. The summed E-state index contributed by atoms with van der Waals surface area (Å²) < 4.78 is 6.94. The van der Waals surface area contributed by atoms with Gasteiger partial charge in [-0.3, -0.25) is 0 Å². The highest BCUT2D eigenvalue weighted by Gasteiger charge is 2.58. The molecule has 1 heterocycles. The Morgan fingerprint density at radius 1 is 1.05 bits per heavy atom. The molecule has 0 aromatic heterocycles. The number of hydrogen-bond acceptors (Lipinski definition) is 1. The van der Waals surface area contributed by atoms with Crippen LogP contribution in [0.15, 0.2) is 10.9 Å². The van der Waals surface area contributed by atoms with E-state index in [2.05, 4.69) is 73.8 Å². The van der Waals surface area contributed by atoms with Crippen molar-refractivity contribution >= 4 is 16.4 Å². The molecule has 0 amide bonds. The predicted molar refractivity (Wildman–Crippen MR) is 96.4 cm³/mol. The summed E-state index contributed by atoms with van der Waals surface area (Å²) in [6.45, 7) is 24.0. The van der Waals surface area contributed by atoms with Gasteiger partial charge in [-0.25, -0.2) is 0 Å². The van der Waals surface area contributed by atoms with Crippen molar-refractivity contribution in [2.45, 2.75) is 97.1 Å². The Labute approximate surface area is 129 Å². The second-order valence-electron chi connectivity index (χ2n) is 9.48. The molecule has 1 aliphatic rings. The van der Waals surface area contributed by atoms with Crippen LogP contribution in [-0.4, -0.2) is 22.5 Å². The van der Waals surface area contributed by atoms with Gasteiger partial charge in [0, 0.05) is 0 Å². The molecule has 0 radical (unpaired) electrons. The molecule has 1 aliphatic heterocycles. The second kappa shape index (κ2) is 5.40. The van der Waals surface area contributed by atoms with E-state index < -0.39 is 16.4 Å². The van der Waals surface area contributed by atoms with Crippen molar-refractivity contribution in [1.29, 1.82) is 0 Å². The molecule has 1 rings (SSSR count). The molecule has 0 aromatic carbocycles. The van der Waals surface area contributed by atoms with Gasteiger partial charge in [0.15, 0.2) is 0 Å². The van der Waals surface area contributed by atoms with Gasteiger partial charge in [0.25, 0.3) is 0 Å². The Kier molecular flexibility index (Phi) is 4.91.